The first-order valence-corrected chi connectivity index (χ1v) is 9.50. The predicted molar refractivity (Wildman–Crippen MR) is 113 cm³/mol. The zero-order valence-electron chi connectivity index (χ0n) is 16.9. The first-order valence-electron chi connectivity index (χ1n) is 9.50. The first kappa shape index (κ1) is 22.7. The lowest BCUT2D eigenvalue weighted by Crippen LogP contribution is -2.55. The van der Waals surface area contributed by atoms with Gasteiger partial charge in [0.25, 0.3) is 0 Å². The van der Waals surface area contributed by atoms with E-state index in [1.54, 1.807) is 20.5 Å². The molecule has 2 aromatic rings. The van der Waals surface area contributed by atoms with Gasteiger partial charge in [0, 0.05) is 32.2 Å². The standard InChI is InChI=1S/C20H27N5O3.ClH/c1-14(2)18(21)19(26)23-9-11-24(12-10-23)20(27)28-17-13-15(3)22-25(17)16-7-5-4-6-8-16;/h4-8,13-14,18H,9-12,21H2,1-3H3;1H. The minimum absolute atomic E-state index is 0. The fourth-order valence-electron chi connectivity index (χ4n) is 3.06. The van der Waals surface area contributed by atoms with Gasteiger partial charge in [-0.25, -0.2) is 9.48 Å². The number of hydrogen-bond donors (Lipinski definition) is 1. The van der Waals surface area contributed by atoms with E-state index in [-0.39, 0.29) is 24.2 Å². The van der Waals surface area contributed by atoms with E-state index in [9.17, 15) is 9.59 Å². The van der Waals surface area contributed by atoms with Crippen molar-refractivity contribution in [3.8, 4) is 11.6 Å². The third kappa shape index (κ3) is 5.27. The van der Waals surface area contributed by atoms with Crippen molar-refractivity contribution in [2.45, 2.75) is 26.8 Å². The van der Waals surface area contributed by atoms with Gasteiger partial charge in [0.2, 0.25) is 11.8 Å². The van der Waals surface area contributed by atoms with Crippen LogP contribution < -0.4 is 10.5 Å². The zero-order valence-corrected chi connectivity index (χ0v) is 17.8. The van der Waals surface area contributed by atoms with Crippen molar-refractivity contribution in [3.63, 3.8) is 0 Å². The number of aromatic nitrogens is 2. The summed E-state index contributed by atoms with van der Waals surface area (Å²) in [5.74, 6) is 0.381. The molecule has 1 saturated heterocycles. The molecule has 0 bridgehead atoms. The molecule has 0 aliphatic carbocycles. The van der Waals surface area contributed by atoms with E-state index in [0.29, 0.717) is 32.1 Å². The van der Waals surface area contributed by atoms with E-state index in [4.69, 9.17) is 10.5 Å². The third-order valence-corrected chi connectivity index (χ3v) is 4.84. The molecule has 0 radical (unpaired) electrons. The molecule has 1 aromatic carbocycles. The highest BCUT2D eigenvalue weighted by Crippen LogP contribution is 2.20. The summed E-state index contributed by atoms with van der Waals surface area (Å²) in [6, 6.07) is 10.7. The lowest BCUT2D eigenvalue weighted by atomic mass is 10.0. The summed E-state index contributed by atoms with van der Waals surface area (Å²) < 4.78 is 7.21. The quantitative estimate of drug-likeness (QED) is 0.816. The summed E-state index contributed by atoms with van der Waals surface area (Å²) in [7, 11) is 0. The van der Waals surface area contributed by atoms with Gasteiger partial charge in [-0.15, -0.1) is 12.4 Å². The Morgan fingerprint density at radius 2 is 1.66 bits per heavy atom. The molecule has 9 heteroatoms. The minimum atomic E-state index is -0.512. The van der Waals surface area contributed by atoms with Crippen molar-refractivity contribution >= 4 is 24.4 Å². The lowest BCUT2D eigenvalue weighted by Gasteiger charge is -2.35. The Labute approximate surface area is 177 Å². The van der Waals surface area contributed by atoms with Gasteiger partial charge in [-0.1, -0.05) is 32.0 Å². The maximum absolute atomic E-state index is 12.6. The number of carbonyl (C=O) groups is 2. The molecular weight excluding hydrogens is 394 g/mol. The largest absolute Gasteiger partial charge is 0.416 e. The lowest BCUT2D eigenvalue weighted by molar-refractivity contribution is -0.135. The molecule has 2 amide bonds. The number of halogens is 1. The molecule has 29 heavy (non-hydrogen) atoms. The van der Waals surface area contributed by atoms with Crippen LogP contribution in [0.5, 0.6) is 5.88 Å². The Kier molecular flexibility index (Phi) is 7.64. The van der Waals surface area contributed by atoms with E-state index in [0.717, 1.165) is 11.4 Å². The summed E-state index contributed by atoms with van der Waals surface area (Å²) in [4.78, 5) is 28.3. The van der Waals surface area contributed by atoms with E-state index >= 15 is 0 Å². The zero-order chi connectivity index (χ0) is 20.3. The van der Waals surface area contributed by atoms with Crippen molar-refractivity contribution in [2.24, 2.45) is 11.7 Å². The second kappa shape index (κ2) is 9.76. The summed E-state index contributed by atoms with van der Waals surface area (Å²) in [5, 5.41) is 4.40. The second-order valence-electron chi connectivity index (χ2n) is 7.32. The van der Waals surface area contributed by atoms with Crippen LogP contribution in [0, 0.1) is 12.8 Å². The van der Waals surface area contributed by atoms with E-state index < -0.39 is 12.1 Å². The van der Waals surface area contributed by atoms with Gasteiger partial charge in [0.1, 0.15) is 0 Å². The average molecular weight is 422 g/mol. The molecule has 1 aromatic heterocycles. The Balaban J connectivity index is 0.00000300. The number of benzene rings is 1. The Morgan fingerprint density at radius 3 is 2.24 bits per heavy atom. The van der Waals surface area contributed by atoms with Gasteiger partial charge < -0.3 is 20.3 Å². The number of piperazine rings is 1. The number of aryl methyl sites for hydroxylation is 1. The molecule has 1 fully saturated rings. The second-order valence-corrected chi connectivity index (χ2v) is 7.32. The molecule has 1 atom stereocenters. The number of hydrogen-bond acceptors (Lipinski definition) is 5. The number of para-hydroxylation sites is 1. The Morgan fingerprint density at radius 1 is 1.07 bits per heavy atom. The molecule has 158 valence electrons. The van der Waals surface area contributed by atoms with Gasteiger partial charge in [0.05, 0.1) is 17.4 Å². The average Bonchev–Trinajstić information content (AvgIpc) is 3.07. The summed E-state index contributed by atoms with van der Waals surface area (Å²) in [5.41, 5.74) is 7.53. The number of carbonyl (C=O) groups excluding carboxylic acids is 2. The highest BCUT2D eigenvalue weighted by Gasteiger charge is 2.29. The van der Waals surface area contributed by atoms with Crippen molar-refractivity contribution in [1.29, 1.82) is 0 Å². The van der Waals surface area contributed by atoms with E-state index in [1.165, 1.54) is 0 Å². The molecule has 2 N–H and O–H groups in total. The van der Waals surface area contributed by atoms with Crippen molar-refractivity contribution in [1.82, 2.24) is 19.6 Å². The molecular formula is C20H28ClN5O3. The predicted octanol–water partition coefficient (Wildman–Crippen LogP) is 2.23. The highest BCUT2D eigenvalue weighted by molar-refractivity contribution is 5.85. The number of amides is 2. The topological polar surface area (TPSA) is 93.7 Å². The molecule has 1 aliphatic rings. The summed E-state index contributed by atoms with van der Waals surface area (Å²) in [6.07, 6.45) is -0.447. The van der Waals surface area contributed by atoms with E-state index in [1.807, 2.05) is 51.1 Å². The van der Waals surface area contributed by atoms with Gasteiger partial charge in [-0.05, 0) is 25.0 Å². The number of nitrogens with zero attached hydrogens (tertiary/aromatic N) is 4. The van der Waals surface area contributed by atoms with Gasteiger partial charge >= 0.3 is 6.09 Å². The van der Waals surface area contributed by atoms with Crippen molar-refractivity contribution in [3.05, 3.63) is 42.1 Å². The summed E-state index contributed by atoms with van der Waals surface area (Å²) >= 11 is 0. The van der Waals surface area contributed by atoms with Crippen molar-refractivity contribution < 1.29 is 14.3 Å². The summed E-state index contributed by atoms with van der Waals surface area (Å²) in [6.45, 7) is 7.42. The SMILES string of the molecule is Cc1cc(OC(=O)N2CCN(C(=O)C(N)C(C)C)CC2)n(-c2ccccc2)n1.Cl. The molecule has 0 spiro atoms. The third-order valence-electron chi connectivity index (χ3n) is 4.84. The van der Waals surface area contributed by atoms with Crippen LogP contribution in [0.15, 0.2) is 36.4 Å². The fraction of sp³-hybridized carbons (Fsp3) is 0.450. The van der Waals surface area contributed by atoms with Crippen LogP contribution in [0.25, 0.3) is 5.69 Å². The van der Waals surface area contributed by atoms with Crippen LogP contribution in [-0.4, -0.2) is 63.8 Å². The molecule has 8 nitrogen and oxygen atoms in total. The van der Waals surface area contributed by atoms with E-state index in [2.05, 4.69) is 5.10 Å². The highest BCUT2D eigenvalue weighted by atomic mass is 35.5. The number of nitrogens with two attached hydrogens (primary N) is 1. The maximum Gasteiger partial charge on any atom is 0.416 e. The normalized spacial score (nSPS) is 15.1. The molecule has 1 unspecified atom stereocenters. The Hall–Kier alpha value is -2.58. The van der Waals surface area contributed by atoms with Crippen LogP contribution in [0.3, 0.4) is 0 Å². The smallest absolute Gasteiger partial charge is 0.391 e. The Bertz CT molecular complexity index is 832. The molecule has 1 aliphatic heterocycles. The van der Waals surface area contributed by atoms with Crippen LogP contribution in [0.4, 0.5) is 4.79 Å². The van der Waals surface area contributed by atoms with Crippen LogP contribution in [-0.2, 0) is 4.79 Å². The minimum Gasteiger partial charge on any atom is -0.391 e. The first-order chi connectivity index (χ1) is 13.4. The van der Waals surface area contributed by atoms with Gasteiger partial charge in [0.15, 0.2) is 0 Å². The number of rotatable bonds is 4. The van der Waals surface area contributed by atoms with Crippen LogP contribution in [0.1, 0.15) is 19.5 Å². The van der Waals surface area contributed by atoms with Crippen LogP contribution in [0.2, 0.25) is 0 Å². The van der Waals surface area contributed by atoms with Crippen LogP contribution >= 0.6 is 12.4 Å². The number of ether oxygens (including phenoxy) is 1. The van der Waals surface area contributed by atoms with Gasteiger partial charge in [-0.3, -0.25) is 4.79 Å². The van der Waals surface area contributed by atoms with Crippen molar-refractivity contribution in [2.75, 3.05) is 26.2 Å². The molecule has 0 saturated carbocycles. The monoisotopic (exact) mass is 421 g/mol. The maximum atomic E-state index is 12.6. The molecule has 3 rings (SSSR count). The molecule has 2 heterocycles. The fourth-order valence-corrected chi connectivity index (χ4v) is 3.06. The van der Waals surface area contributed by atoms with Gasteiger partial charge in [-0.2, -0.15) is 5.10 Å².